The number of pyridine rings is 1. The van der Waals surface area contributed by atoms with E-state index < -0.39 is 21.8 Å². The highest BCUT2D eigenvalue weighted by Crippen LogP contribution is 2.34. The molecular formula is C23H24F3N5O2S. The van der Waals surface area contributed by atoms with Gasteiger partial charge in [-0.3, -0.25) is 0 Å². The molecule has 1 aromatic carbocycles. The zero-order valence-corrected chi connectivity index (χ0v) is 19.5. The fraction of sp³-hybridized carbons (Fsp3) is 0.348. The van der Waals surface area contributed by atoms with Gasteiger partial charge in [-0.05, 0) is 62.6 Å². The minimum absolute atomic E-state index is 0.122. The van der Waals surface area contributed by atoms with Gasteiger partial charge in [0.1, 0.15) is 17.5 Å². The zero-order valence-electron chi connectivity index (χ0n) is 18.7. The van der Waals surface area contributed by atoms with Crippen LogP contribution < -0.4 is 5.32 Å². The van der Waals surface area contributed by atoms with Gasteiger partial charge in [0, 0.05) is 31.3 Å². The van der Waals surface area contributed by atoms with Crippen molar-refractivity contribution in [1.29, 1.82) is 0 Å². The average Bonchev–Trinajstić information content (AvgIpc) is 2.78. The van der Waals surface area contributed by atoms with E-state index in [-0.39, 0.29) is 23.9 Å². The molecule has 1 atom stereocenters. The van der Waals surface area contributed by atoms with E-state index in [1.807, 2.05) is 19.1 Å². The zero-order chi connectivity index (χ0) is 24.5. The van der Waals surface area contributed by atoms with Crippen LogP contribution in [0, 0.1) is 13.8 Å². The summed E-state index contributed by atoms with van der Waals surface area (Å²) in [4.78, 5) is 12.8. The number of anilines is 2. The van der Waals surface area contributed by atoms with Gasteiger partial charge in [-0.25, -0.2) is 23.4 Å². The molecule has 7 nitrogen and oxygen atoms in total. The fourth-order valence-electron chi connectivity index (χ4n) is 3.98. The first-order valence-electron chi connectivity index (χ1n) is 10.7. The number of aromatic nitrogens is 3. The highest BCUT2D eigenvalue weighted by Gasteiger charge is 2.35. The maximum atomic E-state index is 13.2. The number of benzene rings is 1. The molecule has 0 aliphatic carbocycles. The van der Waals surface area contributed by atoms with E-state index in [0.717, 1.165) is 17.7 Å². The van der Waals surface area contributed by atoms with Crippen molar-refractivity contribution in [3.05, 3.63) is 71.3 Å². The third-order valence-corrected chi connectivity index (χ3v) is 7.49. The number of nitrogens with zero attached hydrogens (tertiary/aromatic N) is 4. The number of aryl methyl sites for hydroxylation is 2. The van der Waals surface area contributed by atoms with E-state index in [1.54, 1.807) is 19.2 Å². The normalized spacial score (nSPS) is 17.5. The van der Waals surface area contributed by atoms with Crippen molar-refractivity contribution in [2.24, 2.45) is 0 Å². The van der Waals surface area contributed by atoms with Gasteiger partial charge in [-0.15, -0.1) is 0 Å². The molecular weight excluding hydrogens is 467 g/mol. The molecule has 1 fully saturated rings. The molecule has 1 aliphatic heterocycles. The molecule has 180 valence electrons. The molecule has 0 radical (unpaired) electrons. The molecule has 3 heterocycles. The first-order valence-corrected chi connectivity index (χ1v) is 12.2. The lowest BCUT2D eigenvalue weighted by Gasteiger charge is -2.32. The van der Waals surface area contributed by atoms with E-state index in [2.05, 4.69) is 20.3 Å². The predicted molar refractivity (Wildman–Crippen MR) is 121 cm³/mol. The van der Waals surface area contributed by atoms with E-state index >= 15 is 0 Å². The summed E-state index contributed by atoms with van der Waals surface area (Å²) in [6.45, 7) is 4.05. The average molecular weight is 492 g/mol. The second-order valence-corrected chi connectivity index (χ2v) is 10.2. The molecule has 1 saturated heterocycles. The van der Waals surface area contributed by atoms with Crippen LogP contribution in [0.2, 0.25) is 0 Å². The first kappa shape index (κ1) is 24.1. The molecule has 2 aromatic heterocycles. The lowest BCUT2D eigenvalue weighted by atomic mass is 9.96. The molecule has 4 rings (SSSR count). The van der Waals surface area contributed by atoms with Gasteiger partial charge in [-0.1, -0.05) is 6.07 Å². The van der Waals surface area contributed by atoms with E-state index in [4.69, 9.17) is 0 Å². The summed E-state index contributed by atoms with van der Waals surface area (Å²) >= 11 is 0. The van der Waals surface area contributed by atoms with Gasteiger partial charge >= 0.3 is 6.18 Å². The molecule has 1 unspecified atom stereocenters. The number of hydrogen-bond donors (Lipinski definition) is 1. The van der Waals surface area contributed by atoms with E-state index in [9.17, 15) is 21.6 Å². The van der Waals surface area contributed by atoms with Gasteiger partial charge in [0.2, 0.25) is 10.0 Å². The molecule has 34 heavy (non-hydrogen) atoms. The summed E-state index contributed by atoms with van der Waals surface area (Å²) < 4.78 is 66.9. The first-order chi connectivity index (χ1) is 16.0. The largest absolute Gasteiger partial charge is 0.416 e. The van der Waals surface area contributed by atoms with Crippen LogP contribution in [-0.2, 0) is 16.2 Å². The summed E-state index contributed by atoms with van der Waals surface area (Å²) in [5, 5.41) is 3.15. The van der Waals surface area contributed by atoms with Crippen LogP contribution in [0.3, 0.4) is 0 Å². The predicted octanol–water partition coefficient (Wildman–Crippen LogP) is 4.82. The number of hydrogen-bond acceptors (Lipinski definition) is 6. The summed E-state index contributed by atoms with van der Waals surface area (Å²) in [5.41, 5.74) is 0.715. The number of halogens is 3. The molecule has 1 aliphatic rings. The molecule has 3 aromatic rings. The lowest BCUT2D eigenvalue weighted by Crippen LogP contribution is -2.39. The number of piperidine rings is 1. The Kier molecular flexibility index (Phi) is 6.59. The summed E-state index contributed by atoms with van der Waals surface area (Å²) in [5.74, 6) is 1.47. The van der Waals surface area contributed by atoms with Gasteiger partial charge in [0.15, 0.2) is 0 Å². The highest BCUT2D eigenvalue weighted by atomic mass is 32.2. The Hall–Kier alpha value is -3.05. The van der Waals surface area contributed by atoms with Crippen LogP contribution in [0.4, 0.5) is 24.8 Å². The Morgan fingerprint density at radius 1 is 1.06 bits per heavy atom. The fourth-order valence-corrected chi connectivity index (χ4v) is 5.55. The molecule has 0 bridgehead atoms. The molecule has 0 saturated carbocycles. The van der Waals surface area contributed by atoms with Gasteiger partial charge < -0.3 is 5.32 Å². The van der Waals surface area contributed by atoms with Gasteiger partial charge in [0.05, 0.1) is 16.2 Å². The Bertz CT molecular complexity index is 1300. The Balaban J connectivity index is 1.58. The lowest BCUT2D eigenvalue weighted by molar-refractivity contribution is -0.137. The van der Waals surface area contributed by atoms with Crippen LogP contribution >= 0.6 is 0 Å². The van der Waals surface area contributed by atoms with Crippen molar-refractivity contribution in [2.75, 3.05) is 18.4 Å². The number of rotatable bonds is 5. The number of alkyl halides is 3. The topological polar surface area (TPSA) is 88.1 Å². The van der Waals surface area contributed by atoms with Crippen molar-refractivity contribution >= 4 is 21.7 Å². The maximum absolute atomic E-state index is 13.2. The smallest absolute Gasteiger partial charge is 0.325 e. The van der Waals surface area contributed by atoms with Crippen molar-refractivity contribution in [2.45, 2.75) is 43.7 Å². The number of sulfonamides is 1. The third-order valence-electron chi connectivity index (χ3n) is 5.63. The van der Waals surface area contributed by atoms with E-state index in [0.29, 0.717) is 42.1 Å². The summed E-state index contributed by atoms with van der Waals surface area (Å²) in [7, 11) is -4.09. The third kappa shape index (κ3) is 5.36. The quantitative estimate of drug-likeness (QED) is 0.551. The number of nitrogens with one attached hydrogen (secondary N) is 1. The molecule has 11 heteroatoms. The van der Waals surface area contributed by atoms with Crippen molar-refractivity contribution in [3.63, 3.8) is 0 Å². The second-order valence-electron chi connectivity index (χ2n) is 8.30. The minimum atomic E-state index is -4.62. The van der Waals surface area contributed by atoms with Gasteiger partial charge in [0.25, 0.3) is 0 Å². The van der Waals surface area contributed by atoms with Crippen LogP contribution in [0.1, 0.15) is 41.4 Å². The Morgan fingerprint density at radius 3 is 2.59 bits per heavy atom. The van der Waals surface area contributed by atoms with Crippen molar-refractivity contribution in [1.82, 2.24) is 19.3 Å². The van der Waals surface area contributed by atoms with Crippen molar-refractivity contribution in [3.8, 4) is 0 Å². The van der Waals surface area contributed by atoms with Crippen molar-refractivity contribution < 1.29 is 21.6 Å². The maximum Gasteiger partial charge on any atom is 0.416 e. The van der Waals surface area contributed by atoms with E-state index in [1.165, 1.54) is 10.4 Å². The monoisotopic (exact) mass is 491 g/mol. The Morgan fingerprint density at radius 2 is 1.85 bits per heavy atom. The molecule has 0 spiro atoms. The molecule has 0 amide bonds. The SMILES string of the molecule is Cc1ccnc(Nc2cc(C3CCCN(S(=O)(=O)c4cccc(C(F)(F)F)c4)C3)nc(C)n2)c1. The second kappa shape index (κ2) is 9.30. The Labute approximate surface area is 196 Å². The highest BCUT2D eigenvalue weighted by molar-refractivity contribution is 7.89. The van der Waals surface area contributed by atoms with Crippen LogP contribution in [0.5, 0.6) is 0 Å². The summed E-state index contributed by atoms with van der Waals surface area (Å²) in [6.07, 6.45) is -1.67. The standard InChI is InChI=1S/C23H24F3N5O2S/c1-15-8-9-27-21(11-15)30-22-13-20(28-16(2)29-22)17-5-4-10-31(14-17)34(32,33)19-7-3-6-18(12-19)23(24,25)26/h3,6-9,11-13,17H,4-5,10,14H2,1-2H3,(H,27,28,29,30). The van der Waals surface area contributed by atoms with Crippen LogP contribution in [0.15, 0.2) is 53.6 Å². The van der Waals surface area contributed by atoms with Gasteiger partial charge in [-0.2, -0.15) is 17.5 Å². The van der Waals surface area contributed by atoms with Crippen LogP contribution in [0.25, 0.3) is 0 Å². The van der Waals surface area contributed by atoms with Crippen LogP contribution in [-0.4, -0.2) is 40.8 Å². The summed E-state index contributed by atoms with van der Waals surface area (Å²) in [6, 6.07) is 9.37. The minimum Gasteiger partial charge on any atom is -0.325 e. The molecule has 1 N–H and O–H groups in total.